The molecular formula is C17H26ClN. The van der Waals surface area contributed by atoms with Gasteiger partial charge in [-0.05, 0) is 23.0 Å². The first-order valence-electron chi connectivity index (χ1n) is 7.02. The number of para-hydroxylation sites is 1. The Morgan fingerprint density at radius 1 is 1.00 bits per heavy atom. The van der Waals surface area contributed by atoms with Gasteiger partial charge in [-0.3, -0.25) is 0 Å². The number of halogens is 1. The monoisotopic (exact) mass is 279 g/mol. The molecule has 1 nitrogen and oxygen atoms in total. The smallest absolute Gasteiger partial charge is 0.112 e. The molecule has 1 rings (SSSR count). The summed E-state index contributed by atoms with van der Waals surface area (Å²) in [4.78, 5) is 4.75. The molecule has 0 saturated carbocycles. The summed E-state index contributed by atoms with van der Waals surface area (Å²) < 4.78 is 0. The molecule has 1 aromatic rings. The van der Waals surface area contributed by atoms with Gasteiger partial charge >= 0.3 is 0 Å². The van der Waals surface area contributed by atoms with E-state index in [0.29, 0.717) is 17.0 Å². The fraction of sp³-hybridized carbons (Fsp3) is 0.588. The van der Waals surface area contributed by atoms with Gasteiger partial charge in [0.15, 0.2) is 0 Å². The highest BCUT2D eigenvalue weighted by Crippen LogP contribution is 2.36. The molecule has 1 aromatic carbocycles. The number of aliphatic imine (C=N–C) groups is 1. The summed E-state index contributed by atoms with van der Waals surface area (Å²) in [7, 11) is 0. The van der Waals surface area contributed by atoms with Crippen LogP contribution in [0.5, 0.6) is 0 Å². The molecule has 0 aliphatic carbocycles. The molecule has 0 saturated heterocycles. The molecule has 0 heterocycles. The highest BCUT2D eigenvalue weighted by atomic mass is 35.5. The highest BCUT2D eigenvalue weighted by molar-refractivity contribution is 6.66. The van der Waals surface area contributed by atoms with Crippen LogP contribution in [0, 0.1) is 5.41 Å². The minimum absolute atomic E-state index is 0.111. The summed E-state index contributed by atoms with van der Waals surface area (Å²) in [6.45, 7) is 15.1. The average molecular weight is 280 g/mol. The van der Waals surface area contributed by atoms with E-state index in [0.717, 1.165) is 5.69 Å². The predicted octanol–water partition coefficient (Wildman–Crippen LogP) is 6.25. The van der Waals surface area contributed by atoms with Gasteiger partial charge in [-0.2, -0.15) is 0 Å². The van der Waals surface area contributed by atoms with Crippen molar-refractivity contribution in [3.05, 3.63) is 29.3 Å². The van der Waals surface area contributed by atoms with E-state index in [9.17, 15) is 0 Å². The first-order valence-corrected chi connectivity index (χ1v) is 7.39. The molecule has 0 atom stereocenters. The van der Waals surface area contributed by atoms with Crippen LogP contribution in [0.2, 0.25) is 0 Å². The van der Waals surface area contributed by atoms with Gasteiger partial charge in [-0.25, -0.2) is 4.99 Å². The van der Waals surface area contributed by atoms with Gasteiger partial charge in [0.05, 0.1) is 5.69 Å². The molecule has 0 aliphatic rings. The zero-order valence-electron chi connectivity index (χ0n) is 13.2. The van der Waals surface area contributed by atoms with Crippen LogP contribution in [0.25, 0.3) is 0 Å². The number of hydrogen-bond donors (Lipinski definition) is 0. The van der Waals surface area contributed by atoms with Crippen LogP contribution in [0.15, 0.2) is 23.2 Å². The molecule has 0 aliphatic heterocycles. The number of benzene rings is 1. The lowest BCUT2D eigenvalue weighted by atomic mass is 9.92. The first kappa shape index (κ1) is 16.2. The minimum Gasteiger partial charge on any atom is -0.240 e. The van der Waals surface area contributed by atoms with E-state index in [1.165, 1.54) is 11.1 Å². The zero-order valence-corrected chi connectivity index (χ0v) is 14.0. The molecular weight excluding hydrogens is 254 g/mol. The molecule has 0 amide bonds. The second-order valence-corrected chi connectivity index (χ2v) is 7.11. The summed E-state index contributed by atoms with van der Waals surface area (Å²) in [6.07, 6.45) is 0. The Kier molecular flexibility index (Phi) is 5.20. The van der Waals surface area contributed by atoms with Crippen LogP contribution in [0.4, 0.5) is 5.69 Å². The normalized spacial score (nSPS) is 13.5. The van der Waals surface area contributed by atoms with E-state index in [1.807, 2.05) is 0 Å². The lowest BCUT2D eigenvalue weighted by Gasteiger charge is -2.20. The maximum atomic E-state index is 6.39. The van der Waals surface area contributed by atoms with Crippen molar-refractivity contribution in [2.75, 3.05) is 0 Å². The molecule has 0 unspecified atom stereocenters. The van der Waals surface area contributed by atoms with Crippen molar-refractivity contribution in [1.29, 1.82) is 0 Å². The van der Waals surface area contributed by atoms with Gasteiger partial charge in [0.1, 0.15) is 5.17 Å². The van der Waals surface area contributed by atoms with Crippen LogP contribution >= 0.6 is 11.6 Å². The zero-order chi connectivity index (χ0) is 14.8. The first-order chi connectivity index (χ1) is 8.64. The summed E-state index contributed by atoms with van der Waals surface area (Å²) >= 11 is 6.39. The number of hydrogen-bond acceptors (Lipinski definition) is 1. The van der Waals surface area contributed by atoms with Crippen molar-refractivity contribution in [2.24, 2.45) is 10.4 Å². The predicted molar refractivity (Wildman–Crippen MR) is 87.0 cm³/mol. The van der Waals surface area contributed by atoms with Gasteiger partial charge in [0.25, 0.3) is 0 Å². The third-order valence-corrected chi connectivity index (χ3v) is 3.82. The van der Waals surface area contributed by atoms with Crippen LogP contribution < -0.4 is 0 Å². The minimum atomic E-state index is -0.111. The molecule has 19 heavy (non-hydrogen) atoms. The van der Waals surface area contributed by atoms with Crippen molar-refractivity contribution >= 4 is 22.5 Å². The third kappa shape index (κ3) is 4.07. The highest BCUT2D eigenvalue weighted by Gasteiger charge is 2.19. The lowest BCUT2D eigenvalue weighted by molar-refractivity contribution is 0.600. The van der Waals surface area contributed by atoms with Crippen LogP contribution in [-0.2, 0) is 0 Å². The largest absolute Gasteiger partial charge is 0.240 e. The maximum absolute atomic E-state index is 6.39. The van der Waals surface area contributed by atoms with E-state index >= 15 is 0 Å². The quantitative estimate of drug-likeness (QED) is 0.580. The SMILES string of the molecule is CC(C)c1cccc(C(C)C)c1/N=C(\Cl)C(C)(C)C. The van der Waals surface area contributed by atoms with Crippen molar-refractivity contribution in [1.82, 2.24) is 0 Å². The fourth-order valence-corrected chi connectivity index (χ4v) is 1.99. The van der Waals surface area contributed by atoms with Gasteiger partial charge < -0.3 is 0 Å². The van der Waals surface area contributed by atoms with E-state index in [2.05, 4.69) is 66.7 Å². The molecule has 0 N–H and O–H groups in total. The molecule has 0 spiro atoms. The Morgan fingerprint density at radius 2 is 1.42 bits per heavy atom. The van der Waals surface area contributed by atoms with Crippen molar-refractivity contribution in [2.45, 2.75) is 60.3 Å². The molecule has 2 heteroatoms. The van der Waals surface area contributed by atoms with E-state index in [4.69, 9.17) is 16.6 Å². The standard InChI is InChI=1S/C17H26ClN/c1-11(2)13-9-8-10-14(12(3)4)15(13)19-16(18)17(5,6)7/h8-12H,1-7H3/b19-16-. The topological polar surface area (TPSA) is 12.4 Å². The average Bonchev–Trinajstić information content (AvgIpc) is 2.27. The van der Waals surface area contributed by atoms with Crippen LogP contribution in [0.1, 0.15) is 71.4 Å². The van der Waals surface area contributed by atoms with Gasteiger partial charge in [-0.1, -0.05) is 78.3 Å². The van der Waals surface area contributed by atoms with Crippen molar-refractivity contribution in [3.63, 3.8) is 0 Å². The van der Waals surface area contributed by atoms with E-state index < -0.39 is 0 Å². The number of nitrogens with zero attached hydrogens (tertiary/aromatic N) is 1. The molecule has 0 fully saturated rings. The second kappa shape index (κ2) is 6.09. The molecule has 106 valence electrons. The van der Waals surface area contributed by atoms with Gasteiger partial charge in [0, 0.05) is 5.41 Å². The lowest BCUT2D eigenvalue weighted by Crippen LogP contribution is -2.14. The van der Waals surface area contributed by atoms with E-state index in [-0.39, 0.29) is 5.41 Å². The molecule has 0 radical (unpaired) electrons. The fourth-order valence-electron chi connectivity index (χ4n) is 1.91. The Morgan fingerprint density at radius 3 is 1.74 bits per heavy atom. The summed E-state index contributed by atoms with van der Waals surface area (Å²) in [5.41, 5.74) is 3.49. The Hall–Kier alpha value is -0.820. The number of rotatable bonds is 3. The van der Waals surface area contributed by atoms with Crippen LogP contribution in [0.3, 0.4) is 0 Å². The van der Waals surface area contributed by atoms with Crippen molar-refractivity contribution < 1.29 is 0 Å². The molecule has 0 bridgehead atoms. The second-order valence-electron chi connectivity index (χ2n) is 6.75. The third-order valence-electron chi connectivity index (χ3n) is 3.17. The van der Waals surface area contributed by atoms with Gasteiger partial charge in [-0.15, -0.1) is 0 Å². The Balaban J connectivity index is 3.46. The summed E-state index contributed by atoms with van der Waals surface area (Å²) in [5, 5.41) is 0.669. The van der Waals surface area contributed by atoms with Gasteiger partial charge in [0.2, 0.25) is 0 Å². The molecule has 0 aromatic heterocycles. The summed E-state index contributed by atoms with van der Waals surface area (Å²) in [6, 6.07) is 6.43. The van der Waals surface area contributed by atoms with Crippen molar-refractivity contribution in [3.8, 4) is 0 Å². The van der Waals surface area contributed by atoms with Crippen LogP contribution in [-0.4, -0.2) is 5.17 Å². The Bertz CT molecular complexity index is 438. The Labute approximate surface area is 123 Å². The van der Waals surface area contributed by atoms with E-state index in [1.54, 1.807) is 0 Å². The summed E-state index contributed by atoms with van der Waals surface area (Å²) in [5.74, 6) is 0.892. The maximum Gasteiger partial charge on any atom is 0.112 e.